The molecule has 0 N–H and O–H groups in total. The Balaban J connectivity index is -0.000000720. The molecular formula is C15H36. The van der Waals surface area contributed by atoms with Crippen LogP contribution in [0.5, 0.6) is 0 Å². The highest BCUT2D eigenvalue weighted by Gasteiger charge is 2.29. The van der Waals surface area contributed by atoms with Crippen molar-refractivity contribution >= 4 is 0 Å². The summed E-state index contributed by atoms with van der Waals surface area (Å²) in [5.74, 6) is 0. The topological polar surface area (TPSA) is 0 Å². The smallest absolute Gasteiger partial charge is 0.0344 e. The molecule has 0 aromatic rings. The standard InChI is InChI=1S/C13H28.2CH4/c1-11(2,3)9-13(7,8)10-12(4,5)6;;/h9-10H2,1-8H3;2*1H4. The van der Waals surface area contributed by atoms with Gasteiger partial charge in [-0.2, -0.15) is 0 Å². The minimum absolute atomic E-state index is 0. The van der Waals surface area contributed by atoms with Crippen LogP contribution in [0, 0.1) is 16.2 Å². The lowest BCUT2D eigenvalue weighted by Gasteiger charge is -2.37. The summed E-state index contributed by atoms with van der Waals surface area (Å²) in [7, 11) is 0. The largest absolute Gasteiger partial charge is 0.0776 e. The average Bonchev–Trinajstić information content (AvgIpc) is 1.43. The van der Waals surface area contributed by atoms with Crippen LogP contribution in [0.3, 0.4) is 0 Å². The molecule has 0 saturated heterocycles. The van der Waals surface area contributed by atoms with Crippen molar-refractivity contribution < 1.29 is 0 Å². The maximum atomic E-state index is 2.39. The molecular weight excluding hydrogens is 180 g/mol. The monoisotopic (exact) mass is 216 g/mol. The van der Waals surface area contributed by atoms with E-state index in [1.54, 1.807) is 0 Å². The van der Waals surface area contributed by atoms with Crippen LogP contribution < -0.4 is 0 Å². The molecule has 0 aromatic heterocycles. The number of hydrogen-bond acceptors (Lipinski definition) is 0. The lowest BCUT2D eigenvalue weighted by Crippen LogP contribution is -2.25. The highest BCUT2D eigenvalue weighted by Crippen LogP contribution is 2.41. The van der Waals surface area contributed by atoms with E-state index in [1.807, 2.05) is 0 Å². The summed E-state index contributed by atoms with van der Waals surface area (Å²) in [6.07, 6.45) is 2.61. The van der Waals surface area contributed by atoms with Gasteiger partial charge in [-0.25, -0.2) is 0 Å². The molecule has 0 bridgehead atoms. The zero-order chi connectivity index (χ0) is 10.9. The first-order chi connectivity index (χ1) is 5.41. The van der Waals surface area contributed by atoms with Crippen LogP contribution in [0.1, 0.15) is 83.1 Å². The molecule has 96 valence electrons. The fourth-order valence-electron chi connectivity index (χ4n) is 2.93. The van der Waals surface area contributed by atoms with Crippen LogP contribution >= 0.6 is 0 Å². The van der Waals surface area contributed by atoms with Crippen LogP contribution in [0.4, 0.5) is 0 Å². The molecule has 0 rings (SSSR count). The molecule has 15 heavy (non-hydrogen) atoms. The second-order valence-corrected chi connectivity index (χ2v) is 7.64. The Kier molecular flexibility index (Phi) is 8.05. The van der Waals surface area contributed by atoms with Crippen LogP contribution in [0.2, 0.25) is 0 Å². The van der Waals surface area contributed by atoms with Crippen LogP contribution in [0.25, 0.3) is 0 Å². The molecule has 0 aliphatic heterocycles. The Morgan fingerprint density at radius 3 is 0.867 bits per heavy atom. The van der Waals surface area contributed by atoms with Crippen molar-refractivity contribution in [1.82, 2.24) is 0 Å². The first-order valence-corrected chi connectivity index (χ1v) is 5.41. The van der Waals surface area contributed by atoms with Gasteiger partial charge in [0.2, 0.25) is 0 Å². The Hall–Kier alpha value is 0. The summed E-state index contributed by atoms with van der Waals surface area (Å²) in [6, 6.07) is 0. The van der Waals surface area contributed by atoms with Crippen molar-refractivity contribution in [2.24, 2.45) is 16.2 Å². The van der Waals surface area contributed by atoms with Crippen LogP contribution in [0.15, 0.2) is 0 Å². The quantitative estimate of drug-likeness (QED) is 0.519. The third-order valence-corrected chi connectivity index (χ3v) is 2.02. The molecule has 0 heteroatoms. The molecule has 0 saturated carbocycles. The van der Waals surface area contributed by atoms with Crippen molar-refractivity contribution in [2.45, 2.75) is 83.1 Å². The minimum Gasteiger partial charge on any atom is -0.0776 e. The van der Waals surface area contributed by atoms with Gasteiger partial charge in [0.15, 0.2) is 0 Å². The van der Waals surface area contributed by atoms with E-state index in [0.29, 0.717) is 16.2 Å². The van der Waals surface area contributed by atoms with Crippen molar-refractivity contribution in [3.05, 3.63) is 0 Å². The van der Waals surface area contributed by atoms with E-state index >= 15 is 0 Å². The van der Waals surface area contributed by atoms with E-state index < -0.39 is 0 Å². The van der Waals surface area contributed by atoms with E-state index in [2.05, 4.69) is 55.4 Å². The van der Waals surface area contributed by atoms with Gasteiger partial charge in [0.05, 0.1) is 0 Å². The molecule has 0 aliphatic rings. The van der Waals surface area contributed by atoms with Crippen LogP contribution in [-0.2, 0) is 0 Å². The minimum atomic E-state index is 0. The summed E-state index contributed by atoms with van der Waals surface area (Å²) in [6.45, 7) is 18.8. The molecule has 0 radical (unpaired) electrons. The Morgan fingerprint density at radius 2 is 0.733 bits per heavy atom. The molecule has 0 amide bonds. The molecule has 0 fully saturated rings. The van der Waals surface area contributed by atoms with Crippen molar-refractivity contribution in [3.63, 3.8) is 0 Å². The fourth-order valence-corrected chi connectivity index (χ4v) is 2.93. The second-order valence-electron chi connectivity index (χ2n) is 7.64. The molecule has 0 aliphatic carbocycles. The molecule has 0 spiro atoms. The van der Waals surface area contributed by atoms with Gasteiger partial charge in [0, 0.05) is 0 Å². The SMILES string of the molecule is C.C.CC(C)(C)CC(C)(C)CC(C)(C)C. The van der Waals surface area contributed by atoms with E-state index in [9.17, 15) is 0 Å². The van der Waals surface area contributed by atoms with E-state index in [0.717, 1.165) is 0 Å². The molecule has 0 aromatic carbocycles. The highest BCUT2D eigenvalue weighted by atomic mass is 14.3. The first kappa shape index (κ1) is 20.4. The summed E-state index contributed by atoms with van der Waals surface area (Å²) >= 11 is 0. The lowest BCUT2D eigenvalue weighted by atomic mass is 9.69. The van der Waals surface area contributed by atoms with Crippen molar-refractivity contribution in [2.75, 3.05) is 0 Å². The Labute approximate surface area is 99.9 Å². The van der Waals surface area contributed by atoms with Gasteiger partial charge in [0.25, 0.3) is 0 Å². The predicted molar refractivity (Wildman–Crippen MR) is 75.4 cm³/mol. The normalized spacial score (nSPS) is 12.8. The van der Waals surface area contributed by atoms with E-state index in [-0.39, 0.29) is 14.9 Å². The Bertz CT molecular complexity index is 132. The highest BCUT2D eigenvalue weighted by molar-refractivity contribution is 4.80. The van der Waals surface area contributed by atoms with Gasteiger partial charge in [0.1, 0.15) is 0 Å². The van der Waals surface area contributed by atoms with Gasteiger partial charge >= 0.3 is 0 Å². The molecule has 0 unspecified atom stereocenters. The van der Waals surface area contributed by atoms with Crippen molar-refractivity contribution in [3.8, 4) is 0 Å². The van der Waals surface area contributed by atoms with Gasteiger partial charge in [-0.1, -0.05) is 70.2 Å². The number of rotatable bonds is 2. The summed E-state index contributed by atoms with van der Waals surface area (Å²) in [4.78, 5) is 0. The summed E-state index contributed by atoms with van der Waals surface area (Å²) < 4.78 is 0. The van der Waals surface area contributed by atoms with E-state index in [4.69, 9.17) is 0 Å². The zero-order valence-electron chi connectivity index (χ0n) is 10.9. The maximum absolute atomic E-state index is 2.39. The average molecular weight is 216 g/mol. The predicted octanol–water partition coefficient (Wildman–Crippen LogP) is 6.16. The lowest BCUT2D eigenvalue weighted by molar-refractivity contribution is 0.143. The summed E-state index contributed by atoms with van der Waals surface area (Å²) in [5.41, 5.74) is 1.38. The van der Waals surface area contributed by atoms with E-state index in [1.165, 1.54) is 12.8 Å². The molecule has 0 nitrogen and oxygen atoms in total. The third-order valence-electron chi connectivity index (χ3n) is 2.02. The van der Waals surface area contributed by atoms with Crippen molar-refractivity contribution in [1.29, 1.82) is 0 Å². The third kappa shape index (κ3) is 14.0. The second kappa shape index (κ2) is 5.92. The fraction of sp³-hybridized carbons (Fsp3) is 1.00. The molecule has 0 atom stereocenters. The van der Waals surface area contributed by atoms with Crippen LogP contribution in [-0.4, -0.2) is 0 Å². The Morgan fingerprint density at radius 1 is 0.533 bits per heavy atom. The summed E-state index contributed by atoms with van der Waals surface area (Å²) in [5, 5.41) is 0. The van der Waals surface area contributed by atoms with Gasteiger partial charge in [-0.15, -0.1) is 0 Å². The van der Waals surface area contributed by atoms with Gasteiger partial charge in [-0.3, -0.25) is 0 Å². The van der Waals surface area contributed by atoms with Gasteiger partial charge in [-0.05, 0) is 29.1 Å². The number of hydrogen-bond donors (Lipinski definition) is 0. The van der Waals surface area contributed by atoms with Gasteiger partial charge < -0.3 is 0 Å². The first-order valence-electron chi connectivity index (χ1n) is 5.41. The molecule has 0 heterocycles. The zero-order valence-corrected chi connectivity index (χ0v) is 10.9. The maximum Gasteiger partial charge on any atom is -0.0344 e.